The molecule has 0 aromatic heterocycles. The van der Waals surface area contributed by atoms with E-state index in [-0.39, 0.29) is 5.75 Å². The van der Waals surface area contributed by atoms with Crippen molar-refractivity contribution in [1.82, 2.24) is 10.0 Å². The minimum absolute atomic E-state index is 0.222. The number of hydrogen-bond acceptors (Lipinski definition) is 4. The molecule has 6 heteroatoms. The predicted octanol–water partition coefficient (Wildman–Crippen LogP) is 1.11. The Kier molecular flexibility index (Phi) is 7.90. The number of nitrogens with one attached hydrogen (secondary N) is 2. The smallest absolute Gasteiger partial charge is 0.211 e. The number of sulfonamides is 1. The molecule has 0 aromatic carbocycles. The lowest BCUT2D eigenvalue weighted by Gasteiger charge is -2.22. The van der Waals surface area contributed by atoms with E-state index >= 15 is 0 Å². The summed E-state index contributed by atoms with van der Waals surface area (Å²) < 4.78 is 31.6. The fourth-order valence-corrected chi connectivity index (χ4v) is 3.36. The van der Waals surface area contributed by atoms with Crippen molar-refractivity contribution in [2.24, 2.45) is 5.92 Å². The minimum Gasteiger partial charge on any atom is -0.378 e. The first-order valence-electron chi connectivity index (χ1n) is 7.29. The topological polar surface area (TPSA) is 67.4 Å². The average Bonchev–Trinajstić information content (AvgIpc) is 2.37. The predicted molar refractivity (Wildman–Crippen MR) is 77.7 cm³/mol. The lowest BCUT2D eigenvalue weighted by Crippen LogP contribution is -2.33. The van der Waals surface area contributed by atoms with Crippen molar-refractivity contribution in [2.45, 2.75) is 45.6 Å². The van der Waals surface area contributed by atoms with Crippen molar-refractivity contribution in [1.29, 1.82) is 0 Å². The number of hydrogen-bond donors (Lipinski definition) is 2. The van der Waals surface area contributed by atoms with E-state index in [1.54, 1.807) is 0 Å². The Balaban J connectivity index is 2.03. The highest BCUT2D eigenvalue weighted by Crippen LogP contribution is 2.07. The van der Waals surface area contributed by atoms with Gasteiger partial charge in [0.15, 0.2) is 0 Å². The van der Waals surface area contributed by atoms with Gasteiger partial charge in [-0.1, -0.05) is 13.8 Å². The molecule has 1 saturated heterocycles. The summed E-state index contributed by atoms with van der Waals surface area (Å²) in [5.74, 6) is 0.639. The Morgan fingerprint density at radius 1 is 1.32 bits per heavy atom. The van der Waals surface area contributed by atoms with Gasteiger partial charge in [-0.3, -0.25) is 0 Å². The van der Waals surface area contributed by atoms with Gasteiger partial charge >= 0.3 is 0 Å². The van der Waals surface area contributed by atoms with E-state index in [9.17, 15) is 8.42 Å². The van der Waals surface area contributed by atoms with Crippen LogP contribution in [-0.4, -0.2) is 46.5 Å². The first-order chi connectivity index (χ1) is 8.99. The third kappa shape index (κ3) is 8.57. The molecule has 0 spiro atoms. The molecule has 1 aliphatic rings. The van der Waals surface area contributed by atoms with Crippen molar-refractivity contribution in [3.63, 3.8) is 0 Å². The van der Waals surface area contributed by atoms with Gasteiger partial charge in [-0.05, 0) is 44.7 Å². The van der Waals surface area contributed by atoms with Gasteiger partial charge in [0.1, 0.15) is 0 Å². The summed E-state index contributed by atoms with van der Waals surface area (Å²) in [4.78, 5) is 0. The molecular formula is C13H28N2O3S. The molecule has 1 aliphatic heterocycles. The third-order valence-electron chi connectivity index (χ3n) is 3.25. The van der Waals surface area contributed by atoms with Gasteiger partial charge in [0.25, 0.3) is 0 Å². The highest BCUT2D eigenvalue weighted by Gasteiger charge is 2.13. The highest BCUT2D eigenvalue weighted by molar-refractivity contribution is 7.89. The Morgan fingerprint density at radius 2 is 2.00 bits per heavy atom. The van der Waals surface area contributed by atoms with Gasteiger partial charge in [-0.15, -0.1) is 0 Å². The maximum absolute atomic E-state index is 11.6. The second-order valence-corrected chi connectivity index (χ2v) is 7.50. The van der Waals surface area contributed by atoms with Crippen LogP contribution in [-0.2, 0) is 14.8 Å². The Morgan fingerprint density at radius 3 is 2.63 bits per heavy atom. The summed E-state index contributed by atoms with van der Waals surface area (Å²) in [7, 11) is -3.10. The van der Waals surface area contributed by atoms with Crippen LogP contribution in [0.2, 0.25) is 0 Å². The molecule has 1 heterocycles. The Bertz CT molecular complexity index is 325. The number of piperidine rings is 1. The summed E-state index contributed by atoms with van der Waals surface area (Å²) in [5.41, 5.74) is 0. The van der Waals surface area contributed by atoms with E-state index in [0.717, 1.165) is 32.4 Å². The van der Waals surface area contributed by atoms with Gasteiger partial charge in [0, 0.05) is 13.2 Å². The van der Waals surface area contributed by atoms with Gasteiger partial charge in [0.05, 0.1) is 11.9 Å². The van der Waals surface area contributed by atoms with Crippen LogP contribution in [0.1, 0.15) is 39.5 Å². The molecule has 0 aromatic rings. The molecular weight excluding hydrogens is 264 g/mol. The van der Waals surface area contributed by atoms with Crippen LogP contribution in [0, 0.1) is 5.92 Å². The van der Waals surface area contributed by atoms with E-state index in [1.165, 1.54) is 0 Å². The molecule has 0 bridgehead atoms. The third-order valence-corrected chi connectivity index (χ3v) is 4.66. The van der Waals surface area contributed by atoms with Crippen molar-refractivity contribution in [3.8, 4) is 0 Å². The molecule has 114 valence electrons. The fourth-order valence-electron chi connectivity index (χ4n) is 1.97. The Labute approximate surface area is 117 Å². The summed E-state index contributed by atoms with van der Waals surface area (Å²) >= 11 is 0. The average molecular weight is 292 g/mol. The normalized spacial score (nSPS) is 18.1. The molecule has 2 N–H and O–H groups in total. The van der Waals surface area contributed by atoms with E-state index in [0.29, 0.717) is 31.6 Å². The second-order valence-electron chi connectivity index (χ2n) is 5.57. The van der Waals surface area contributed by atoms with Crippen molar-refractivity contribution >= 4 is 10.0 Å². The van der Waals surface area contributed by atoms with Crippen LogP contribution < -0.4 is 10.0 Å². The Hall–Kier alpha value is -0.170. The molecule has 0 saturated carbocycles. The second kappa shape index (κ2) is 8.89. The molecule has 5 nitrogen and oxygen atoms in total. The highest BCUT2D eigenvalue weighted by atomic mass is 32.2. The van der Waals surface area contributed by atoms with Gasteiger partial charge in [-0.2, -0.15) is 0 Å². The van der Waals surface area contributed by atoms with Gasteiger partial charge < -0.3 is 10.1 Å². The maximum atomic E-state index is 11.6. The lowest BCUT2D eigenvalue weighted by molar-refractivity contribution is 0.0322. The van der Waals surface area contributed by atoms with Crippen LogP contribution >= 0.6 is 0 Å². The van der Waals surface area contributed by atoms with E-state index in [2.05, 4.69) is 10.0 Å². The lowest BCUT2D eigenvalue weighted by atomic mass is 10.1. The van der Waals surface area contributed by atoms with Crippen molar-refractivity contribution < 1.29 is 13.2 Å². The molecule has 0 radical (unpaired) electrons. The maximum Gasteiger partial charge on any atom is 0.211 e. The number of ether oxygens (including phenoxy) is 1. The molecule has 1 fully saturated rings. The van der Waals surface area contributed by atoms with Crippen LogP contribution in [0.5, 0.6) is 0 Å². The molecule has 1 rings (SSSR count). The standard InChI is InChI=1S/C13H28N2O3S/c1-12(2)6-11-19(16,17)15-7-3-10-18-13-4-8-14-9-5-13/h12-15H,3-11H2,1-2H3. The summed E-state index contributed by atoms with van der Waals surface area (Å²) in [6.07, 6.45) is 3.91. The first-order valence-corrected chi connectivity index (χ1v) is 8.94. The molecule has 0 unspecified atom stereocenters. The van der Waals surface area contributed by atoms with Crippen molar-refractivity contribution in [3.05, 3.63) is 0 Å². The summed E-state index contributed by atoms with van der Waals surface area (Å²) in [5, 5.41) is 3.29. The summed E-state index contributed by atoms with van der Waals surface area (Å²) in [6, 6.07) is 0. The molecule has 0 aliphatic carbocycles. The number of rotatable bonds is 9. The SMILES string of the molecule is CC(C)CCS(=O)(=O)NCCCOC1CCNCC1. The van der Waals surface area contributed by atoms with E-state index < -0.39 is 10.0 Å². The molecule has 0 atom stereocenters. The monoisotopic (exact) mass is 292 g/mol. The zero-order valence-corrected chi connectivity index (χ0v) is 13.0. The van der Waals surface area contributed by atoms with Crippen molar-refractivity contribution in [2.75, 3.05) is 32.0 Å². The van der Waals surface area contributed by atoms with Crippen LogP contribution in [0.15, 0.2) is 0 Å². The quantitative estimate of drug-likeness (QED) is 0.625. The van der Waals surface area contributed by atoms with Crippen LogP contribution in [0.4, 0.5) is 0 Å². The zero-order chi connectivity index (χ0) is 14.1. The van der Waals surface area contributed by atoms with Crippen LogP contribution in [0.25, 0.3) is 0 Å². The molecule has 0 amide bonds. The van der Waals surface area contributed by atoms with E-state index in [4.69, 9.17) is 4.74 Å². The largest absolute Gasteiger partial charge is 0.378 e. The fraction of sp³-hybridized carbons (Fsp3) is 1.00. The van der Waals surface area contributed by atoms with Crippen LogP contribution in [0.3, 0.4) is 0 Å². The van der Waals surface area contributed by atoms with Gasteiger partial charge in [0.2, 0.25) is 10.0 Å². The van der Waals surface area contributed by atoms with E-state index in [1.807, 2.05) is 13.8 Å². The molecule has 19 heavy (non-hydrogen) atoms. The van der Waals surface area contributed by atoms with Gasteiger partial charge in [-0.25, -0.2) is 13.1 Å². The minimum atomic E-state index is -3.10. The summed E-state index contributed by atoms with van der Waals surface area (Å²) in [6.45, 7) is 7.21. The first kappa shape index (κ1) is 16.9. The zero-order valence-electron chi connectivity index (χ0n) is 12.2.